The predicted molar refractivity (Wildman–Crippen MR) is 78.9 cm³/mol. The van der Waals surface area contributed by atoms with Gasteiger partial charge in [0.2, 0.25) is 0 Å². The first-order chi connectivity index (χ1) is 12.7. The molecule has 0 unspecified atom stereocenters. The van der Waals surface area contributed by atoms with Crippen LogP contribution >= 0.6 is 23.5 Å². The molecule has 0 aromatic carbocycles. The van der Waals surface area contributed by atoms with Crippen molar-refractivity contribution in [2.75, 3.05) is 0 Å². The molecule has 9 N–H and O–H groups in total. The van der Waals surface area contributed by atoms with Crippen molar-refractivity contribution in [1.29, 1.82) is 0 Å². The van der Waals surface area contributed by atoms with Crippen LogP contribution in [0.1, 0.15) is 0 Å². The average Bonchev–Trinajstić information content (AvgIpc) is 2.33. The summed E-state index contributed by atoms with van der Waals surface area (Å²) in [5, 5.41) is 0. The van der Waals surface area contributed by atoms with Gasteiger partial charge in [-0.3, -0.25) is 17.8 Å². The van der Waals surface area contributed by atoms with Crippen LogP contribution in [-0.2, 0) is 50.6 Å². The van der Waals surface area contributed by atoms with Gasteiger partial charge in [0.1, 0.15) is 0 Å². The van der Waals surface area contributed by atoms with Crippen molar-refractivity contribution in [2.45, 2.75) is 0 Å². The Hall–Kier alpha value is 0.566. The molecule has 0 bridgehead atoms. The van der Waals surface area contributed by atoms with E-state index in [-0.39, 0.29) is 0 Å². The van der Waals surface area contributed by atoms with Crippen molar-refractivity contribution in [1.82, 2.24) is 0 Å². The summed E-state index contributed by atoms with van der Waals surface area (Å²) in [5.74, 6) is 0. The molecule has 29 heavy (non-hydrogen) atoms. The Bertz CT molecular complexity index is 587. The van der Waals surface area contributed by atoms with Crippen molar-refractivity contribution in [2.24, 2.45) is 0 Å². The number of hydrogen-bond acceptors (Lipinski definition) is 16. The number of rotatable bonds is 6. The van der Waals surface area contributed by atoms with Crippen molar-refractivity contribution < 1.29 is 94.3 Å². The van der Waals surface area contributed by atoms with E-state index in [4.69, 9.17) is 61.5 Å². The molecular formula is H9Al2O21P3Si3. The SMILES string of the molecule is O=P(O)(O)OP(=O)(O)OP(=O)(O)O.O=[Si]=O.O=[Si]=O.O[Si](O)(O)O.[O]=[Al][O][Al]=[O]. The third kappa shape index (κ3) is 95.0. The zero-order valence-corrected chi connectivity index (χ0v) is 20.9. The maximum atomic E-state index is 10.4. The first kappa shape index (κ1) is 40.0. The second-order valence-corrected chi connectivity index (χ2v) is 9.92. The molecule has 0 spiro atoms. The van der Waals surface area contributed by atoms with E-state index < -0.39 is 82.1 Å². The molecule has 0 saturated heterocycles. The van der Waals surface area contributed by atoms with Crippen LogP contribution in [0.4, 0.5) is 0 Å². The Balaban J connectivity index is -0.0000000990. The van der Waals surface area contributed by atoms with Crippen molar-refractivity contribution >= 4 is 82.1 Å². The molecule has 0 aromatic rings. The average molecular weight is 576 g/mol. The summed E-state index contributed by atoms with van der Waals surface area (Å²) in [6.45, 7) is 0. The van der Waals surface area contributed by atoms with Crippen LogP contribution in [-0.4, -0.2) is 102 Å². The molecule has 29 heteroatoms. The van der Waals surface area contributed by atoms with Gasteiger partial charge in [0.25, 0.3) is 0 Å². The fourth-order valence-corrected chi connectivity index (χ4v) is 3.03. The molecule has 0 rings (SSSR count). The molecule has 0 heterocycles. The van der Waals surface area contributed by atoms with E-state index >= 15 is 0 Å². The van der Waals surface area contributed by atoms with Crippen LogP contribution in [0.2, 0.25) is 0 Å². The molecule has 21 nitrogen and oxygen atoms in total. The fraction of sp³-hybridized carbons (Fsp3) is 0. The topological polar surface area (TPSA) is 363 Å². The summed E-state index contributed by atoms with van der Waals surface area (Å²) in [5.41, 5.74) is 0. The normalized spacial score (nSPS) is 9.83. The van der Waals surface area contributed by atoms with Gasteiger partial charge in [-0.2, -0.15) is 8.62 Å². The van der Waals surface area contributed by atoms with Gasteiger partial charge in [-0.1, -0.05) is 0 Å². The summed E-state index contributed by atoms with van der Waals surface area (Å²) in [6, 6.07) is 0. The van der Waals surface area contributed by atoms with E-state index in [2.05, 4.69) is 11.5 Å². The summed E-state index contributed by atoms with van der Waals surface area (Å²) in [6.07, 6.45) is 0. The third-order valence-corrected chi connectivity index (χ3v) is 4.77. The van der Waals surface area contributed by atoms with E-state index in [0.717, 1.165) is 0 Å². The first-order valence-corrected chi connectivity index (χ1v) is 14.8. The summed E-state index contributed by atoms with van der Waals surface area (Å²) in [7, 11) is -23.6. The van der Waals surface area contributed by atoms with Crippen LogP contribution in [0.5, 0.6) is 0 Å². The van der Waals surface area contributed by atoms with Crippen molar-refractivity contribution in [3.05, 3.63) is 0 Å². The molecule has 168 valence electrons. The Morgan fingerprint density at radius 1 is 0.655 bits per heavy atom. The summed E-state index contributed by atoms with van der Waals surface area (Å²) >= 11 is -2.48. The third-order valence-electron chi connectivity index (χ3n) is 0.530. The second kappa shape index (κ2) is 21.8. The number of hydrogen-bond donors (Lipinski definition) is 9. The van der Waals surface area contributed by atoms with E-state index in [1.165, 1.54) is 0 Å². The van der Waals surface area contributed by atoms with E-state index in [1.807, 2.05) is 0 Å². The van der Waals surface area contributed by atoms with Gasteiger partial charge in [-0.25, -0.2) is 13.7 Å². The fourth-order valence-electron chi connectivity index (χ4n) is 0.306. The standard InChI is InChI=1S/2Al.H5O10P3.H4O4Si.2O2Si.3O/c;;1-11(2,3)9-13(7,8)10-12(4,5)6;1-5(2,3)4;2*1-3-2;;;/h;;(H,7,8)(H2,1,2,3)(H2,4,5,6);1-4H;;;;;. The van der Waals surface area contributed by atoms with E-state index in [1.54, 1.807) is 0 Å². The van der Waals surface area contributed by atoms with Gasteiger partial charge in [-0.05, 0) is 0 Å². The zero-order chi connectivity index (χ0) is 24.9. The minimum atomic E-state index is -5.46. The molecule has 0 radical (unpaired) electrons. The van der Waals surface area contributed by atoms with Crippen LogP contribution in [0.25, 0.3) is 0 Å². The van der Waals surface area contributed by atoms with E-state index in [9.17, 15) is 21.3 Å². The maximum absolute atomic E-state index is 10.4. The predicted octanol–water partition coefficient (Wildman–Crippen LogP) is -5.61. The monoisotopic (exact) mass is 576 g/mol. The molecule has 0 aliphatic rings. The van der Waals surface area contributed by atoms with Crippen LogP contribution in [0.15, 0.2) is 0 Å². The summed E-state index contributed by atoms with van der Waals surface area (Å²) in [4.78, 5) is 69.5. The van der Waals surface area contributed by atoms with Gasteiger partial charge in [0, 0.05) is 0 Å². The Morgan fingerprint density at radius 3 is 0.897 bits per heavy atom. The van der Waals surface area contributed by atoms with Gasteiger partial charge in [0.05, 0.1) is 0 Å². The molecule has 0 aromatic heterocycles. The van der Waals surface area contributed by atoms with Crippen molar-refractivity contribution in [3.8, 4) is 0 Å². The Kier molecular flexibility index (Phi) is 30.0. The first-order valence-electron chi connectivity index (χ1n) is 4.93. The molecular weight excluding hydrogens is 567 g/mol. The quantitative estimate of drug-likeness (QED) is 0.105. The van der Waals surface area contributed by atoms with Gasteiger partial charge in [0.15, 0.2) is 0 Å². The van der Waals surface area contributed by atoms with Gasteiger partial charge >= 0.3 is 92.5 Å². The molecule has 0 atom stereocenters. The van der Waals surface area contributed by atoms with Gasteiger partial charge < -0.3 is 43.6 Å². The zero-order valence-electron chi connectivity index (χ0n) is 12.9. The molecule has 0 amide bonds. The van der Waals surface area contributed by atoms with Crippen LogP contribution < -0.4 is 0 Å². The Labute approximate surface area is 176 Å². The second-order valence-electron chi connectivity index (χ2n) is 2.71. The van der Waals surface area contributed by atoms with Gasteiger partial charge in [-0.15, -0.1) is 0 Å². The minimum absolute atomic E-state index is 1.24. The molecule has 0 aliphatic carbocycles. The van der Waals surface area contributed by atoms with E-state index in [0.29, 0.717) is 0 Å². The Morgan fingerprint density at radius 2 is 0.828 bits per heavy atom. The number of phosphoric acid groups is 3. The molecule has 0 aliphatic heterocycles. The van der Waals surface area contributed by atoms with Crippen LogP contribution in [0, 0.1) is 0 Å². The van der Waals surface area contributed by atoms with Crippen molar-refractivity contribution in [3.63, 3.8) is 0 Å². The van der Waals surface area contributed by atoms with Crippen LogP contribution in [0.3, 0.4) is 0 Å². The summed E-state index contributed by atoms with van der Waals surface area (Å²) < 4.78 is 92.3. The molecule has 0 fully saturated rings. The molecule has 0 saturated carbocycles.